The highest BCUT2D eigenvalue weighted by Crippen LogP contribution is 2.35. The summed E-state index contributed by atoms with van der Waals surface area (Å²) in [5.41, 5.74) is 8.77. The molecule has 1 aliphatic heterocycles. The zero-order valence-corrected chi connectivity index (χ0v) is 11.6. The smallest absolute Gasteiger partial charge is 0.163 e. The first kappa shape index (κ1) is 12.1. The highest BCUT2D eigenvalue weighted by Gasteiger charge is 2.19. The molecule has 2 aromatic rings. The van der Waals surface area contributed by atoms with Crippen molar-refractivity contribution in [1.82, 2.24) is 9.97 Å². The molecule has 6 heteroatoms. The van der Waals surface area contributed by atoms with Crippen molar-refractivity contribution in [3.63, 3.8) is 0 Å². The first-order valence-corrected chi connectivity index (χ1v) is 7.24. The molecule has 0 bridgehead atoms. The maximum atomic E-state index is 6.16. The second kappa shape index (κ2) is 4.61. The molecule has 0 atom stereocenters. The summed E-state index contributed by atoms with van der Waals surface area (Å²) in [5.74, 6) is 2.87. The van der Waals surface area contributed by atoms with E-state index < -0.39 is 0 Å². The molecule has 0 saturated heterocycles. The van der Waals surface area contributed by atoms with Crippen LogP contribution in [0.25, 0.3) is 11.4 Å². The number of anilines is 1. The number of thioether (sulfide) groups is 1. The molecule has 0 saturated carbocycles. The van der Waals surface area contributed by atoms with E-state index in [1.807, 2.05) is 6.07 Å². The summed E-state index contributed by atoms with van der Waals surface area (Å²) in [7, 11) is 0. The van der Waals surface area contributed by atoms with E-state index in [1.54, 1.807) is 23.9 Å². The van der Waals surface area contributed by atoms with Crippen molar-refractivity contribution in [2.24, 2.45) is 0 Å². The predicted molar refractivity (Wildman–Crippen MR) is 76.9 cm³/mol. The van der Waals surface area contributed by atoms with Crippen LogP contribution in [0.3, 0.4) is 0 Å². The Hall–Kier alpha value is -0.970. The standard InChI is InChI=1S/C12H9Cl2N3S/c13-6-1-2-7(9(14)3-6)12-16-10-5-18-4-8(10)11(15)17-12/h1-3H,4-5H2,(H2,15,16,17). The van der Waals surface area contributed by atoms with E-state index in [0.29, 0.717) is 21.7 Å². The van der Waals surface area contributed by atoms with Gasteiger partial charge >= 0.3 is 0 Å². The monoisotopic (exact) mass is 297 g/mol. The Balaban J connectivity index is 2.15. The zero-order valence-electron chi connectivity index (χ0n) is 9.28. The Morgan fingerprint density at radius 2 is 2.00 bits per heavy atom. The largest absolute Gasteiger partial charge is 0.383 e. The van der Waals surface area contributed by atoms with Crippen LogP contribution in [-0.2, 0) is 11.5 Å². The van der Waals surface area contributed by atoms with Crippen LogP contribution in [0, 0.1) is 0 Å². The van der Waals surface area contributed by atoms with Gasteiger partial charge in [-0.15, -0.1) is 0 Å². The van der Waals surface area contributed by atoms with Crippen LogP contribution in [-0.4, -0.2) is 9.97 Å². The fourth-order valence-electron chi connectivity index (χ4n) is 1.87. The third-order valence-electron chi connectivity index (χ3n) is 2.78. The van der Waals surface area contributed by atoms with E-state index in [-0.39, 0.29) is 0 Å². The first-order valence-electron chi connectivity index (χ1n) is 5.33. The maximum absolute atomic E-state index is 6.16. The third-order valence-corrected chi connectivity index (χ3v) is 4.30. The average Bonchev–Trinajstić information content (AvgIpc) is 2.77. The van der Waals surface area contributed by atoms with Gasteiger partial charge in [0.1, 0.15) is 5.82 Å². The first-order chi connectivity index (χ1) is 8.65. The minimum atomic E-state index is 0.535. The molecule has 2 heterocycles. The summed E-state index contributed by atoms with van der Waals surface area (Å²) in [6.07, 6.45) is 0. The molecule has 0 fully saturated rings. The fourth-order valence-corrected chi connectivity index (χ4v) is 3.41. The van der Waals surface area contributed by atoms with Gasteiger partial charge in [0.15, 0.2) is 5.82 Å². The minimum Gasteiger partial charge on any atom is -0.383 e. The van der Waals surface area contributed by atoms with Crippen LogP contribution in [0.1, 0.15) is 11.3 Å². The summed E-state index contributed by atoms with van der Waals surface area (Å²) in [6, 6.07) is 5.26. The second-order valence-corrected chi connectivity index (χ2v) is 5.80. The lowest BCUT2D eigenvalue weighted by Gasteiger charge is -2.07. The van der Waals surface area contributed by atoms with E-state index in [9.17, 15) is 0 Å². The Labute approximate surface area is 119 Å². The van der Waals surface area contributed by atoms with Gasteiger partial charge in [-0.2, -0.15) is 11.8 Å². The molecule has 0 amide bonds. The van der Waals surface area contributed by atoms with E-state index in [2.05, 4.69) is 9.97 Å². The molecule has 0 aliphatic carbocycles. The Kier molecular flexibility index (Phi) is 3.09. The number of nitrogens with zero attached hydrogens (tertiary/aromatic N) is 2. The van der Waals surface area contributed by atoms with E-state index >= 15 is 0 Å². The van der Waals surface area contributed by atoms with Crippen LogP contribution in [0.5, 0.6) is 0 Å². The number of hydrogen-bond donors (Lipinski definition) is 1. The van der Waals surface area contributed by atoms with Crippen molar-refractivity contribution < 1.29 is 0 Å². The lowest BCUT2D eigenvalue weighted by atomic mass is 10.2. The Morgan fingerprint density at radius 1 is 1.17 bits per heavy atom. The van der Waals surface area contributed by atoms with Crippen molar-refractivity contribution >= 4 is 40.8 Å². The van der Waals surface area contributed by atoms with Crippen LogP contribution < -0.4 is 5.73 Å². The quantitative estimate of drug-likeness (QED) is 0.870. The predicted octanol–water partition coefficient (Wildman–Crippen LogP) is 3.78. The molecule has 3 rings (SSSR count). The number of benzene rings is 1. The summed E-state index contributed by atoms with van der Waals surface area (Å²) in [4.78, 5) is 8.87. The van der Waals surface area contributed by atoms with Gasteiger partial charge in [0.05, 0.1) is 10.7 Å². The van der Waals surface area contributed by atoms with Crippen LogP contribution >= 0.6 is 35.0 Å². The minimum absolute atomic E-state index is 0.535. The molecule has 3 nitrogen and oxygen atoms in total. The van der Waals surface area contributed by atoms with Crippen molar-refractivity contribution in [3.8, 4) is 11.4 Å². The topological polar surface area (TPSA) is 51.8 Å². The molecule has 92 valence electrons. The number of rotatable bonds is 1. The molecule has 0 radical (unpaired) electrons. The molecule has 1 aromatic carbocycles. The molecule has 18 heavy (non-hydrogen) atoms. The van der Waals surface area contributed by atoms with Gasteiger partial charge in [-0.25, -0.2) is 9.97 Å². The molecule has 0 unspecified atom stereocenters. The molecule has 0 spiro atoms. The Morgan fingerprint density at radius 3 is 2.78 bits per heavy atom. The number of halogens is 2. The summed E-state index contributed by atoms with van der Waals surface area (Å²) in [6.45, 7) is 0. The van der Waals surface area contributed by atoms with Gasteiger partial charge in [0.25, 0.3) is 0 Å². The maximum Gasteiger partial charge on any atom is 0.163 e. The number of nitrogens with two attached hydrogens (primary N) is 1. The molecule has 2 N–H and O–H groups in total. The molecular weight excluding hydrogens is 289 g/mol. The number of aromatic nitrogens is 2. The van der Waals surface area contributed by atoms with Gasteiger partial charge < -0.3 is 5.73 Å². The van der Waals surface area contributed by atoms with Gasteiger partial charge in [-0.3, -0.25) is 0 Å². The average molecular weight is 298 g/mol. The van der Waals surface area contributed by atoms with Gasteiger partial charge in [0.2, 0.25) is 0 Å². The van der Waals surface area contributed by atoms with E-state index in [0.717, 1.165) is 28.3 Å². The number of fused-ring (bicyclic) bond motifs is 1. The van der Waals surface area contributed by atoms with Gasteiger partial charge in [-0.05, 0) is 18.2 Å². The highest BCUT2D eigenvalue weighted by molar-refractivity contribution is 7.98. The number of hydrogen-bond acceptors (Lipinski definition) is 4. The van der Waals surface area contributed by atoms with E-state index in [1.165, 1.54) is 0 Å². The number of nitrogen functional groups attached to an aromatic ring is 1. The zero-order chi connectivity index (χ0) is 12.7. The lowest BCUT2D eigenvalue weighted by molar-refractivity contribution is 1.08. The lowest BCUT2D eigenvalue weighted by Crippen LogP contribution is -2.03. The Bertz CT molecular complexity index is 631. The van der Waals surface area contributed by atoms with Crippen LogP contribution in [0.2, 0.25) is 10.0 Å². The van der Waals surface area contributed by atoms with Crippen molar-refractivity contribution in [3.05, 3.63) is 39.5 Å². The van der Waals surface area contributed by atoms with E-state index in [4.69, 9.17) is 28.9 Å². The summed E-state index contributed by atoms with van der Waals surface area (Å²) < 4.78 is 0. The molecular formula is C12H9Cl2N3S. The normalized spacial score (nSPS) is 13.7. The highest BCUT2D eigenvalue weighted by atomic mass is 35.5. The molecule has 1 aliphatic rings. The van der Waals surface area contributed by atoms with Crippen molar-refractivity contribution in [2.45, 2.75) is 11.5 Å². The third kappa shape index (κ3) is 2.05. The summed E-state index contributed by atoms with van der Waals surface area (Å²) in [5, 5.41) is 1.13. The van der Waals surface area contributed by atoms with Crippen molar-refractivity contribution in [1.29, 1.82) is 0 Å². The van der Waals surface area contributed by atoms with Crippen molar-refractivity contribution in [2.75, 3.05) is 5.73 Å². The van der Waals surface area contributed by atoms with Gasteiger partial charge in [0, 0.05) is 27.7 Å². The molecule has 1 aromatic heterocycles. The van der Waals surface area contributed by atoms with Crippen LogP contribution in [0.15, 0.2) is 18.2 Å². The fraction of sp³-hybridized carbons (Fsp3) is 0.167. The second-order valence-electron chi connectivity index (χ2n) is 3.97. The summed E-state index contributed by atoms with van der Waals surface area (Å²) >= 11 is 13.8. The van der Waals surface area contributed by atoms with Gasteiger partial charge in [-0.1, -0.05) is 23.2 Å². The van der Waals surface area contributed by atoms with Crippen LogP contribution in [0.4, 0.5) is 5.82 Å². The SMILES string of the molecule is Nc1nc(-c2ccc(Cl)cc2Cl)nc2c1CSC2.